The van der Waals surface area contributed by atoms with Gasteiger partial charge in [-0.05, 0) is 37.6 Å². The van der Waals surface area contributed by atoms with Gasteiger partial charge in [-0.2, -0.15) is 5.10 Å². The van der Waals surface area contributed by atoms with Gasteiger partial charge in [-0.3, -0.25) is 14.6 Å². The Bertz CT molecular complexity index is 1700. The molecule has 0 radical (unpaired) electrons. The molecule has 6 rings (SSSR count). The molecule has 0 spiro atoms. The second-order valence-corrected chi connectivity index (χ2v) is 8.44. The SMILES string of the molecule is C=C(CC)Nc1cncc(-c2cnc3n[nH]c(-c4cc5c(-n6cnc(C)c6)nccc5[nH]4)c3c2)c1. The summed E-state index contributed by atoms with van der Waals surface area (Å²) in [6.07, 6.45) is 11.8. The average Bonchev–Trinajstić information content (AvgIpc) is 3.61. The molecule has 0 atom stereocenters. The van der Waals surface area contributed by atoms with Crippen LogP contribution < -0.4 is 5.32 Å². The first-order valence-corrected chi connectivity index (χ1v) is 11.3. The Morgan fingerprint density at radius 2 is 1.94 bits per heavy atom. The van der Waals surface area contributed by atoms with Crippen LogP contribution in [0.1, 0.15) is 19.0 Å². The molecular formula is C26H23N9. The van der Waals surface area contributed by atoms with E-state index in [-0.39, 0.29) is 0 Å². The van der Waals surface area contributed by atoms with E-state index < -0.39 is 0 Å². The number of aromatic amines is 2. The van der Waals surface area contributed by atoms with Gasteiger partial charge in [0.25, 0.3) is 0 Å². The third-order valence-corrected chi connectivity index (χ3v) is 5.98. The summed E-state index contributed by atoms with van der Waals surface area (Å²) in [5.74, 6) is 0.817. The number of aryl methyl sites for hydroxylation is 1. The van der Waals surface area contributed by atoms with Crippen molar-refractivity contribution in [2.24, 2.45) is 0 Å². The molecule has 35 heavy (non-hydrogen) atoms. The Morgan fingerprint density at radius 1 is 1.06 bits per heavy atom. The largest absolute Gasteiger partial charge is 0.358 e. The Balaban J connectivity index is 1.43. The van der Waals surface area contributed by atoms with Crippen LogP contribution in [0.3, 0.4) is 0 Å². The average molecular weight is 462 g/mol. The van der Waals surface area contributed by atoms with E-state index in [1.165, 1.54) is 0 Å². The smallest absolute Gasteiger partial charge is 0.181 e. The third kappa shape index (κ3) is 3.72. The molecule has 0 amide bonds. The van der Waals surface area contributed by atoms with Crippen LogP contribution in [0, 0.1) is 6.92 Å². The molecule has 0 unspecified atom stereocenters. The van der Waals surface area contributed by atoms with Crippen LogP contribution in [0.4, 0.5) is 5.69 Å². The lowest BCUT2D eigenvalue weighted by molar-refractivity contribution is 1.01. The zero-order valence-electron chi connectivity index (χ0n) is 19.4. The van der Waals surface area contributed by atoms with Gasteiger partial charge in [0.2, 0.25) is 0 Å². The maximum absolute atomic E-state index is 4.59. The van der Waals surface area contributed by atoms with E-state index in [1.54, 1.807) is 18.7 Å². The van der Waals surface area contributed by atoms with E-state index in [0.29, 0.717) is 5.65 Å². The number of H-pyrrole nitrogens is 2. The number of nitrogens with one attached hydrogen (secondary N) is 3. The van der Waals surface area contributed by atoms with Crippen LogP contribution in [0.2, 0.25) is 0 Å². The first-order valence-electron chi connectivity index (χ1n) is 11.3. The molecule has 0 aliphatic heterocycles. The fourth-order valence-corrected chi connectivity index (χ4v) is 4.14. The summed E-state index contributed by atoms with van der Waals surface area (Å²) in [6, 6.07) is 8.17. The van der Waals surface area contributed by atoms with E-state index in [1.807, 2.05) is 42.2 Å². The zero-order valence-corrected chi connectivity index (χ0v) is 19.4. The molecule has 0 bridgehead atoms. The molecule has 9 nitrogen and oxygen atoms in total. The van der Waals surface area contributed by atoms with Crippen molar-refractivity contribution in [1.29, 1.82) is 0 Å². The Hall–Kier alpha value is -4.79. The van der Waals surface area contributed by atoms with Crippen molar-refractivity contribution in [2.45, 2.75) is 20.3 Å². The van der Waals surface area contributed by atoms with E-state index in [9.17, 15) is 0 Å². The van der Waals surface area contributed by atoms with E-state index in [2.05, 4.69) is 66.1 Å². The van der Waals surface area contributed by atoms with Crippen LogP contribution in [0.15, 0.2) is 73.9 Å². The maximum Gasteiger partial charge on any atom is 0.181 e. The molecule has 6 heterocycles. The highest BCUT2D eigenvalue weighted by molar-refractivity contribution is 5.97. The molecule has 0 fully saturated rings. The predicted octanol–water partition coefficient (Wildman–Crippen LogP) is 5.39. The number of pyridine rings is 3. The molecule has 3 N–H and O–H groups in total. The molecule has 9 heteroatoms. The van der Waals surface area contributed by atoms with Gasteiger partial charge in [-0.15, -0.1) is 0 Å². The molecule has 0 aliphatic rings. The number of nitrogens with zero attached hydrogens (tertiary/aromatic N) is 6. The summed E-state index contributed by atoms with van der Waals surface area (Å²) in [4.78, 5) is 21.4. The highest BCUT2D eigenvalue weighted by Crippen LogP contribution is 2.32. The molecule has 0 saturated heterocycles. The minimum Gasteiger partial charge on any atom is -0.358 e. The molecule has 172 valence electrons. The van der Waals surface area contributed by atoms with Gasteiger partial charge in [-0.25, -0.2) is 15.0 Å². The van der Waals surface area contributed by atoms with Crippen molar-refractivity contribution < 1.29 is 0 Å². The first-order chi connectivity index (χ1) is 17.1. The lowest BCUT2D eigenvalue weighted by Crippen LogP contribution is -1.97. The monoisotopic (exact) mass is 461 g/mol. The van der Waals surface area contributed by atoms with Gasteiger partial charge in [0.15, 0.2) is 5.65 Å². The summed E-state index contributed by atoms with van der Waals surface area (Å²) in [7, 11) is 0. The van der Waals surface area contributed by atoms with Gasteiger partial charge in [0, 0.05) is 52.4 Å². The van der Waals surface area contributed by atoms with Gasteiger partial charge >= 0.3 is 0 Å². The second kappa shape index (κ2) is 8.21. The summed E-state index contributed by atoms with van der Waals surface area (Å²) in [5.41, 5.74) is 8.06. The number of allylic oxidation sites excluding steroid dienone is 1. The third-order valence-electron chi connectivity index (χ3n) is 5.98. The fraction of sp³-hybridized carbons (Fsp3) is 0.115. The fourth-order valence-electron chi connectivity index (χ4n) is 4.14. The van der Waals surface area contributed by atoms with E-state index in [4.69, 9.17) is 0 Å². The number of aromatic nitrogens is 8. The standard InChI is InChI=1S/C26H23N9/c1-4-15(2)31-19-7-17(10-27-12-19)18-8-21-24(33-34-25(21)29-11-18)23-9-20-22(32-23)5-6-28-26(20)35-13-16(3)30-14-35/h5-14,31-32H,2,4H2,1,3H3,(H,29,33,34). The van der Waals surface area contributed by atoms with Gasteiger partial charge in [0.1, 0.15) is 12.1 Å². The lowest BCUT2D eigenvalue weighted by Gasteiger charge is -2.09. The van der Waals surface area contributed by atoms with E-state index >= 15 is 0 Å². The number of fused-ring (bicyclic) bond motifs is 2. The molecule has 6 aromatic heterocycles. The normalized spacial score (nSPS) is 11.4. The number of rotatable bonds is 6. The molecular weight excluding hydrogens is 438 g/mol. The van der Waals surface area contributed by atoms with Crippen LogP contribution in [0.5, 0.6) is 0 Å². The highest BCUT2D eigenvalue weighted by atomic mass is 15.2. The van der Waals surface area contributed by atoms with Crippen molar-refractivity contribution >= 4 is 27.6 Å². The van der Waals surface area contributed by atoms with Crippen molar-refractivity contribution in [3.05, 3.63) is 79.5 Å². The molecule has 0 aliphatic carbocycles. The minimum atomic E-state index is 0.646. The minimum absolute atomic E-state index is 0.646. The summed E-state index contributed by atoms with van der Waals surface area (Å²) < 4.78 is 1.93. The number of hydrogen-bond donors (Lipinski definition) is 3. The number of hydrogen-bond acceptors (Lipinski definition) is 6. The topological polar surface area (TPSA) is 113 Å². The first kappa shape index (κ1) is 20.8. The van der Waals surface area contributed by atoms with Crippen LogP contribution in [-0.2, 0) is 0 Å². The summed E-state index contributed by atoms with van der Waals surface area (Å²) >= 11 is 0. The van der Waals surface area contributed by atoms with Gasteiger partial charge < -0.3 is 10.3 Å². The van der Waals surface area contributed by atoms with E-state index in [0.717, 1.165) is 68.1 Å². The van der Waals surface area contributed by atoms with Crippen LogP contribution in [0.25, 0.3) is 50.3 Å². The molecule has 0 saturated carbocycles. The van der Waals surface area contributed by atoms with Crippen molar-refractivity contribution in [3.63, 3.8) is 0 Å². The number of imidazole rings is 1. The Morgan fingerprint density at radius 3 is 2.77 bits per heavy atom. The summed E-state index contributed by atoms with van der Waals surface area (Å²) in [6.45, 7) is 8.04. The molecule has 6 aromatic rings. The quantitative estimate of drug-likeness (QED) is 0.306. The predicted molar refractivity (Wildman–Crippen MR) is 137 cm³/mol. The Labute approximate surface area is 201 Å². The van der Waals surface area contributed by atoms with Crippen LogP contribution in [-0.4, -0.2) is 39.7 Å². The second-order valence-electron chi connectivity index (χ2n) is 8.44. The van der Waals surface area contributed by atoms with Crippen molar-refractivity contribution in [2.75, 3.05) is 5.32 Å². The highest BCUT2D eigenvalue weighted by Gasteiger charge is 2.15. The summed E-state index contributed by atoms with van der Waals surface area (Å²) in [5, 5.41) is 12.8. The Kier molecular flexibility index (Phi) is 4.88. The van der Waals surface area contributed by atoms with Gasteiger partial charge in [0.05, 0.1) is 34.5 Å². The van der Waals surface area contributed by atoms with Crippen LogP contribution >= 0.6 is 0 Å². The van der Waals surface area contributed by atoms with Crippen molar-refractivity contribution in [3.8, 4) is 28.3 Å². The maximum atomic E-state index is 4.59. The lowest BCUT2D eigenvalue weighted by atomic mass is 10.1. The molecule has 0 aromatic carbocycles. The number of anilines is 1. The van der Waals surface area contributed by atoms with Gasteiger partial charge in [-0.1, -0.05) is 13.5 Å². The zero-order chi connectivity index (χ0) is 23.9. The van der Waals surface area contributed by atoms with Crippen molar-refractivity contribution in [1.82, 2.24) is 39.7 Å².